The molecular weight excluding hydrogens is 402 g/mol. The van der Waals surface area contributed by atoms with Crippen LogP contribution in [0.3, 0.4) is 0 Å². The van der Waals surface area contributed by atoms with Crippen LogP contribution in [0.1, 0.15) is 23.7 Å². The standard InChI is InChI=1S/C27H25NO4/c1-19-7-5-9-22(27(19)32-16-20(2)29)17-30-24-10-6-11-25(15-24)31-18-23-14-13-21-8-3-4-12-26(21)28-23/h3-15H,16-18H2,1-2H3. The summed E-state index contributed by atoms with van der Waals surface area (Å²) >= 11 is 0. The molecule has 0 aliphatic carbocycles. The highest BCUT2D eigenvalue weighted by molar-refractivity contribution is 5.78. The van der Waals surface area contributed by atoms with Crippen molar-refractivity contribution >= 4 is 16.7 Å². The minimum absolute atomic E-state index is 0.0223. The number of hydrogen-bond donors (Lipinski definition) is 0. The fraction of sp³-hybridized carbons (Fsp3) is 0.185. The maximum absolute atomic E-state index is 11.3. The van der Waals surface area contributed by atoms with Crippen molar-refractivity contribution < 1.29 is 19.0 Å². The first-order valence-corrected chi connectivity index (χ1v) is 10.5. The molecule has 0 amide bonds. The third kappa shape index (κ3) is 5.43. The van der Waals surface area contributed by atoms with E-state index in [0.717, 1.165) is 27.7 Å². The molecule has 1 heterocycles. The van der Waals surface area contributed by atoms with E-state index < -0.39 is 0 Å². The lowest BCUT2D eigenvalue weighted by Gasteiger charge is -2.14. The maximum atomic E-state index is 11.3. The Labute approximate surface area is 187 Å². The van der Waals surface area contributed by atoms with Crippen molar-refractivity contribution in [2.45, 2.75) is 27.1 Å². The number of Topliss-reactive ketones (excluding diaryl/α,β-unsaturated/α-hetero) is 1. The molecule has 3 aromatic carbocycles. The number of carbonyl (C=O) groups excluding carboxylic acids is 1. The predicted octanol–water partition coefficient (Wildman–Crippen LogP) is 5.67. The molecule has 0 fully saturated rings. The summed E-state index contributed by atoms with van der Waals surface area (Å²) in [5, 5.41) is 1.11. The van der Waals surface area contributed by atoms with Crippen molar-refractivity contribution in [1.82, 2.24) is 4.98 Å². The number of hydrogen-bond acceptors (Lipinski definition) is 5. The van der Waals surface area contributed by atoms with Crippen LogP contribution in [-0.4, -0.2) is 17.4 Å². The van der Waals surface area contributed by atoms with E-state index in [1.165, 1.54) is 6.92 Å². The van der Waals surface area contributed by atoms with Gasteiger partial charge in [-0.2, -0.15) is 0 Å². The molecule has 0 atom stereocenters. The molecule has 1 aromatic heterocycles. The Bertz CT molecular complexity index is 1240. The molecule has 0 spiro atoms. The van der Waals surface area contributed by atoms with Crippen molar-refractivity contribution in [3.05, 3.63) is 95.7 Å². The normalized spacial score (nSPS) is 10.7. The molecule has 0 saturated carbocycles. The van der Waals surface area contributed by atoms with Gasteiger partial charge in [0.05, 0.1) is 11.2 Å². The summed E-state index contributed by atoms with van der Waals surface area (Å²) in [7, 11) is 0. The van der Waals surface area contributed by atoms with Crippen LogP contribution in [0.2, 0.25) is 0 Å². The van der Waals surface area contributed by atoms with Gasteiger partial charge in [0.1, 0.15) is 37.1 Å². The first-order valence-electron chi connectivity index (χ1n) is 10.5. The number of benzene rings is 3. The van der Waals surface area contributed by atoms with Gasteiger partial charge in [0.15, 0.2) is 5.78 Å². The van der Waals surface area contributed by atoms with Crippen LogP contribution >= 0.6 is 0 Å². The number of pyridine rings is 1. The Morgan fingerprint density at radius 1 is 0.812 bits per heavy atom. The topological polar surface area (TPSA) is 57.7 Å². The minimum atomic E-state index is -0.0223. The third-order valence-corrected chi connectivity index (χ3v) is 4.96. The lowest BCUT2D eigenvalue weighted by Crippen LogP contribution is -2.10. The molecule has 4 rings (SSSR count). The van der Waals surface area contributed by atoms with Crippen LogP contribution in [-0.2, 0) is 18.0 Å². The number of ether oxygens (including phenoxy) is 3. The number of nitrogens with zero attached hydrogens (tertiary/aromatic N) is 1. The fourth-order valence-electron chi connectivity index (χ4n) is 3.37. The SMILES string of the molecule is CC(=O)COc1c(C)cccc1COc1cccc(OCc2ccc3ccccc3n2)c1. The van der Waals surface area contributed by atoms with Gasteiger partial charge >= 0.3 is 0 Å². The van der Waals surface area contributed by atoms with Gasteiger partial charge in [-0.05, 0) is 43.7 Å². The lowest BCUT2D eigenvalue weighted by molar-refractivity contribution is -0.118. The van der Waals surface area contributed by atoms with E-state index >= 15 is 0 Å². The Kier molecular flexibility index (Phi) is 6.66. The van der Waals surface area contributed by atoms with Gasteiger partial charge in [0.2, 0.25) is 0 Å². The monoisotopic (exact) mass is 427 g/mol. The van der Waals surface area contributed by atoms with Crippen LogP contribution in [0.5, 0.6) is 17.2 Å². The number of fused-ring (bicyclic) bond motifs is 1. The van der Waals surface area contributed by atoms with Crippen LogP contribution in [0.15, 0.2) is 78.9 Å². The van der Waals surface area contributed by atoms with E-state index in [9.17, 15) is 4.79 Å². The van der Waals surface area contributed by atoms with Gasteiger partial charge in [-0.3, -0.25) is 4.79 Å². The van der Waals surface area contributed by atoms with E-state index in [-0.39, 0.29) is 12.4 Å². The van der Waals surface area contributed by atoms with Crippen LogP contribution < -0.4 is 14.2 Å². The molecular formula is C27H25NO4. The summed E-state index contributed by atoms with van der Waals surface area (Å²) in [6.45, 7) is 4.20. The van der Waals surface area contributed by atoms with Gasteiger partial charge in [0, 0.05) is 17.0 Å². The number of para-hydroxylation sites is 2. The summed E-state index contributed by atoms with van der Waals surface area (Å²) < 4.78 is 17.6. The van der Waals surface area contributed by atoms with Gasteiger partial charge in [-0.15, -0.1) is 0 Å². The van der Waals surface area contributed by atoms with Crippen LogP contribution in [0.25, 0.3) is 10.9 Å². The molecule has 32 heavy (non-hydrogen) atoms. The summed E-state index contributed by atoms with van der Waals surface area (Å²) in [5.74, 6) is 2.06. The molecule has 0 saturated heterocycles. The van der Waals surface area contributed by atoms with E-state index in [1.807, 2.05) is 85.8 Å². The highest BCUT2D eigenvalue weighted by Crippen LogP contribution is 2.27. The van der Waals surface area contributed by atoms with Gasteiger partial charge in [-0.25, -0.2) is 4.98 Å². The highest BCUT2D eigenvalue weighted by atomic mass is 16.5. The Morgan fingerprint density at radius 2 is 1.56 bits per heavy atom. The van der Waals surface area contributed by atoms with Crippen molar-refractivity contribution in [2.75, 3.05) is 6.61 Å². The Hall–Kier alpha value is -3.86. The molecule has 0 radical (unpaired) electrons. The minimum Gasteiger partial charge on any atom is -0.489 e. The average Bonchev–Trinajstić information content (AvgIpc) is 2.81. The van der Waals surface area contributed by atoms with Gasteiger partial charge in [0.25, 0.3) is 0 Å². The number of rotatable bonds is 9. The third-order valence-electron chi connectivity index (χ3n) is 4.96. The molecule has 0 unspecified atom stereocenters. The average molecular weight is 428 g/mol. The van der Waals surface area contributed by atoms with E-state index in [0.29, 0.717) is 30.5 Å². The second-order valence-corrected chi connectivity index (χ2v) is 7.60. The van der Waals surface area contributed by atoms with Crippen molar-refractivity contribution in [1.29, 1.82) is 0 Å². The number of aryl methyl sites for hydroxylation is 1. The molecule has 0 aliphatic rings. The molecule has 5 heteroatoms. The largest absolute Gasteiger partial charge is 0.489 e. The zero-order valence-corrected chi connectivity index (χ0v) is 18.2. The van der Waals surface area contributed by atoms with Crippen molar-refractivity contribution in [3.63, 3.8) is 0 Å². The molecule has 0 bridgehead atoms. The van der Waals surface area contributed by atoms with Gasteiger partial charge < -0.3 is 14.2 Å². The zero-order valence-electron chi connectivity index (χ0n) is 18.2. The Morgan fingerprint density at radius 3 is 2.38 bits per heavy atom. The highest BCUT2D eigenvalue weighted by Gasteiger charge is 2.10. The maximum Gasteiger partial charge on any atom is 0.167 e. The van der Waals surface area contributed by atoms with Crippen LogP contribution in [0, 0.1) is 6.92 Å². The molecule has 4 aromatic rings. The number of ketones is 1. The first kappa shape index (κ1) is 21.4. The van der Waals surface area contributed by atoms with Gasteiger partial charge in [-0.1, -0.05) is 48.5 Å². The van der Waals surface area contributed by atoms with E-state index in [4.69, 9.17) is 14.2 Å². The summed E-state index contributed by atoms with van der Waals surface area (Å²) in [6, 6.07) is 25.4. The number of carbonyl (C=O) groups is 1. The first-order chi connectivity index (χ1) is 15.6. The Balaban J connectivity index is 1.40. The molecule has 162 valence electrons. The summed E-state index contributed by atoms with van der Waals surface area (Å²) in [6.07, 6.45) is 0. The van der Waals surface area contributed by atoms with E-state index in [1.54, 1.807) is 0 Å². The van der Waals surface area contributed by atoms with Crippen molar-refractivity contribution in [2.24, 2.45) is 0 Å². The zero-order chi connectivity index (χ0) is 22.3. The molecule has 0 aliphatic heterocycles. The van der Waals surface area contributed by atoms with Crippen LogP contribution in [0.4, 0.5) is 0 Å². The molecule has 0 N–H and O–H groups in total. The molecule has 5 nitrogen and oxygen atoms in total. The van der Waals surface area contributed by atoms with Crippen molar-refractivity contribution in [3.8, 4) is 17.2 Å². The second kappa shape index (κ2) is 9.96. The smallest absolute Gasteiger partial charge is 0.167 e. The summed E-state index contributed by atoms with van der Waals surface area (Å²) in [4.78, 5) is 16.0. The van der Waals surface area contributed by atoms with E-state index in [2.05, 4.69) is 4.98 Å². The predicted molar refractivity (Wildman–Crippen MR) is 124 cm³/mol. The number of aromatic nitrogens is 1. The lowest BCUT2D eigenvalue weighted by atomic mass is 10.1. The second-order valence-electron chi connectivity index (χ2n) is 7.60. The quantitative estimate of drug-likeness (QED) is 0.344. The fourth-order valence-corrected chi connectivity index (χ4v) is 3.37. The summed E-state index contributed by atoms with van der Waals surface area (Å²) in [5.41, 5.74) is 3.67.